The van der Waals surface area contributed by atoms with Gasteiger partial charge >= 0.3 is 30.7 Å². The Bertz CT molecular complexity index is 7110. The summed E-state index contributed by atoms with van der Waals surface area (Å²) in [6, 6.07) is 41.3. The zero-order chi connectivity index (χ0) is 105. The van der Waals surface area contributed by atoms with Crippen molar-refractivity contribution in [2.24, 2.45) is 0 Å². The molecular formula is C101H97F12N21O13S. The molecule has 18 rings (SSSR count). The summed E-state index contributed by atoms with van der Waals surface area (Å²) in [6.07, 6.45) is -9.64. The maximum atomic E-state index is 13.1. The molecule has 5 amide bonds. The number of carbonyl (C=O) groups excluding carboxylic acids is 5. The SMILES string of the molecule is Cc1ccc(NC(=O)c2cccc(C(F)(F)F)c2)cc1-c1cc(N2CCOCC2)nc(-n2ccnc2)n1.Cc1ccc(NC(=O)c2cccc(C(F)(F)F)c2)cc1-c1cc(N2CCOCC2)nc(N2CCCC2=O)n1.Cc1ccc(NC(=O)c2cccc(C(F)(F)F)c2)cc1-c1cc(N2CCOCC2)nc(NS(C)(=O)=O)n1.Cc1ncc(NC(=O)c2cccc(C(F)(F)F)c2)cc1-c1cc(N2CCOCC2)nc(OCCO)n1. The van der Waals surface area contributed by atoms with E-state index in [1.165, 1.54) is 54.7 Å². The first-order valence-electron chi connectivity index (χ1n) is 46.2. The molecule has 47 heteroatoms. The van der Waals surface area contributed by atoms with E-state index < -0.39 is 80.6 Å². The molecule has 0 radical (unpaired) electrons. The van der Waals surface area contributed by atoms with Crippen LogP contribution in [0.5, 0.6) is 6.01 Å². The van der Waals surface area contributed by atoms with Crippen LogP contribution < -0.4 is 55.2 Å². The molecule has 0 unspecified atom stereocenters. The number of nitrogens with zero attached hydrogens (tertiary/aromatic N) is 16. The molecule has 11 heterocycles. The Labute approximate surface area is 839 Å². The fraction of sp³-hybridized carbons (Fsp3) is 0.297. The second kappa shape index (κ2) is 46.8. The van der Waals surface area contributed by atoms with Gasteiger partial charge in [-0.2, -0.15) is 77.6 Å². The molecule has 0 aliphatic carbocycles. The average Bonchev–Trinajstić information content (AvgIpc) is 1.44. The number of aliphatic hydroxyl groups excluding tert-OH is 1. The van der Waals surface area contributed by atoms with E-state index in [1.54, 1.807) is 102 Å². The quantitative estimate of drug-likeness (QED) is 0.0324. The zero-order valence-corrected chi connectivity index (χ0v) is 80.7. The number of sulfonamides is 1. The van der Waals surface area contributed by atoms with Crippen LogP contribution in [0.25, 0.3) is 51.0 Å². The number of carbonyl (C=O) groups is 5. The summed E-state index contributed by atoms with van der Waals surface area (Å²) in [5, 5.41) is 19.7. The summed E-state index contributed by atoms with van der Waals surface area (Å²) >= 11 is 0. The van der Waals surface area contributed by atoms with E-state index >= 15 is 0 Å². The molecule has 6 N–H and O–H groups in total. The largest absolute Gasteiger partial charge is 0.461 e. The molecule has 34 nitrogen and oxygen atoms in total. The molecule has 148 heavy (non-hydrogen) atoms. The van der Waals surface area contributed by atoms with Crippen LogP contribution >= 0.6 is 0 Å². The topological polar surface area (TPSA) is 396 Å². The first kappa shape index (κ1) is 107. The molecule has 5 aliphatic rings. The number of benzene rings is 7. The van der Waals surface area contributed by atoms with E-state index in [2.05, 4.69) is 70.7 Å². The molecule has 13 aromatic rings. The second-order valence-corrected chi connectivity index (χ2v) is 35.9. The minimum atomic E-state index is -4.57. The van der Waals surface area contributed by atoms with E-state index in [-0.39, 0.29) is 59.0 Å². The number of aromatic nitrogens is 11. The van der Waals surface area contributed by atoms with Crippen molar-refractivity contribution < 1.29 is 114 Å². The maximum Gasteiger partial charge on any atom is 0.416 e. The van der Waals surface area contributed by atoms with Gasteiger partial charge in [-0.05, 0) is 166 Å². The van der Waals surface area contributed by atoms with E-state index in [0.717, 1.165) is 89.3 Å². The van der Waals surface area contributed by atoms with Gasteiger partial charge in [0.05, 0.1) is 123 Å². The molecule has 0 bridgehead atoms. The number of imidazole rings is 1. The summed E-state index contributed by atoms with van der Waals surface area (Å²) in [4.78, 5) is 118. The highest BCUT2D eigenvalue weighted by Gasteiger charge is 2.37. The smallest absolute Gasteiger partial charge is 0.416 e. The number of hydrogen-bond acceptors (Lipinski definition) is 27. The number of aliphatic hydroxyl groups is 1. The number of rotatable bonds is 23. The van der Waals surface area contributed by atoms with E-state index in [9.17, 15) is 85.1 Å². The number of morpholine rings is 4. The van der Waals surface area contributed by atoms with Crippen LogP contribution in [0.15, 0.2) is 207 Å². The molecule has 6 aromatic heterocycles. The van der Waals surface area contributed by atoms with Crippen LogP contribution in [0, 0.1) is 27.7 Å². The molecule has 5 fully saturated rings. The Hall–Kier alpha value is -15.7. The number of aryl methyl sites for hydroxylation is 4. The van der Waals surface area contributed by atoms with Gasteiger partial charge in [0.15, 0.2) is 0 Å². The Morgan fingerprint density at radius 1 is 0.412 bits per heavy atom. The number of halogens is 12. The Kier molecular flexibility index (Phi) is 33.7. The molecule has 0 atom stereocenters. The number of anilines is 10. The van der Waals surface area contributed by atoms with Crippen LogP contribution in [0.1, 0.15) is 98.9 Å². The van der Waals surface area contributed by atoms with Gasteiger partial charge in [0.25, 0.3) is 23.6 Å². The predicted octanol–water partition coefficient (Wildman–Crippen LogP) is 16.7. The first-order chi connectivity index (χ1) is 70.6. The number of nitrogens with one attached hydrogen (secondary N) is 5. The monoisotopic (exact) mass is 2070 g/mol. The van der Waals surface area contributed by atoms with Gasteiger partial charge in [0, 0.05) is 169 Å². The highest BCUT2D eigenvalue weighted by atomic mass is 32.2. The third-order valence-electron chi connectivity index (χ3n) is 23.5. The van der Waals surface area contributed by atoms with Crippen molar-refractivity contribution in [3.63, 3.8) is 0 Å². The molecular weight excluding hydrogens is 1980 g/mol. The highest BCUT2D eigenvalue weighted by molar-refractivity contribution is 7.92. The van der Waals surface area contributed by atoms with Gasteiger partial charge < -0.3 is 69.7 Å². The highest BCUT2D eigenvalue weighted by Crippen LogP contribution is 2.40. The van der Waals surface area contributed by atoms with Gasteiger partial charge in [-0.15, -0.1) is 0 Å². The van der Waals surface area contributed by atoms with E-state index in [0.29, 0.717) is 210 Å². The second-order valence-electron chi connectivity index (χ2n) is 34.2. The summed E-state index contributed by atoms with van der Waals surface area (Å²) in [6.45, 7) is 17.1. The maximum absolute atomic E-state index is 13.1. The number of amides is 5. The van der Waals surface area contributed by atoms with Gasteiger partial charge in [-0.3, -0.25) is 43.1 Å². The van der Waals surface area contributed by atoms with Crippen molar-refractivity contribution in [3.8, 4) is 57.0 Å². The molecule has 774 valence electrons. The lowest BCUT2D eigenvalue weighted by Crippen LogP contribution is -2.37. The number of hydrogen-bond donors (Lipinski definition) is 6. The summed E-state index contributed by atoms with van der Waals surface area (Å²) in [5.41, 5.74) is 5.18. The number of ether oxygens (including phenoxy) is 5. The lowest BCUT2D eigenvalue weighted by Gasteiger charge is -2.29. The third-order valence-corrected chi connectivity index (χ3v) is 24.1. The normalized spacial score (nSPS) is 14.6. The van der Waals surface area contributed by atoms with Crippen LogP contribution in [-0.2, 0) is 58.5 Å². The Morgan fingerprint density at radius 3 is 1.12 bits per heavy atom. The Balaban J connectivity index is 0.000000148. The number of alkyl halides is 12. The van der Waals surface area contributed by atoms with Gasteiger partial charge in [0.1, 0.15) is 36.2 Å². The molecule has 0 spiro atoms. The summed E-state index contributed by atoms with van der Waals surface area (Å²) in [5.74, 6) is 0.403. The van der Waals surface area contributed by atoms with Crippen LogP contribution in [0.2, 0.25) is 0 Å². The van der Waals surface area contributed by atoms with Crippen molar-refractivity contribution in [1.82, 2.24) is 54.4 Å². The minimum Gasteiger partial charge on any atom is -0.461 e. The van der Waals surface area contributed by atoms with Crippen molar-refractivity contribution in [3.05, 3.63) is 274 Å². The van der Waals surface area contributed by atoms with Crippen LogP contribution in [0.4, 0.5) is 111 Å². The van der Waals surface area contributed by atoms with Gasteiger partial charge in [-0.1, -0.05) is 42.5 Å². The lowest BCUT2D eigenvalue weighted by atomic mass is 10.0. The molecule has 0 saturated carbocycles. The lowest BCUT2D eigenvalue weighted by molar-refractivity contribution is -0.138. The summed E-state index contributed by atoms with van der Waals surface area (Å²) < 4.78 is 212. The molecule has 7 aromatic carbocycles. The minimum absolute atomic E-state index is 0.0102. The molecule has 5 saturated heterocycles. The van der Waals surface area contributed by atoms with E-state index in [4.69, 9.17) is 43.7 Å². The van der Waals surface area contributed by atoms with Crippen molar-refractivity contribution >= 4 is 97.5 Å². The van der Waals surface area contributed by atoms with Crippen molar-refractivity contribution in [2.75, 3.05) is 182 Å². The van der Waals surface area contributed by atoms with Crippen LogP contribution in [0.3, 0.4) is 0 Å². The molecule has 5 aliphatic heterocycles. The van der Waals surface area contributed by atoms with Crippen LogP contribution in [-0.4, -0.2) is 229 Å². The zero-order valence-electron chi connectivity index (χ0n) is 79.9. The standard InChI is InChI=1S/C27H26F3N5O3.C26H23F3N6O2.C24H24F3N5O4S.C24H24F3N5O4/c1-17-7-8-20(31-25(37)18-4-2-5-19(14-18)27(28,29)30)15-21(17)22-16-23(34-10-12-38-13-11-34)33-26(32-22)35-9-3-6-24(35)36;1-17-5-6-20(31-24(36)18-3-2-4-19(13-18)26(27,28)29)14-21(17)22-15-23(34-9-11-37-12-10-34)33-25(32-22)35-8-7-30-16-35;1-15-6-7-18(28-22(33)16-4-3-5-17(12-16)24(25,26)27)13-19(15)20-14-21(32-8-10-36-11-9-32)30-23(29-20)31-37(2,34)35;1-15-19(20-13-21(32-5-8-35-9-6-32)31-23(30-20)36-10-7-33)12-18(14-28-15)29-22(34)16-3-2-4-17(11-16)24(25,26)27/h2,4-5,7-8,14-16H,3,6,9-13H2,1H3,(H,31,37);2-8,13-16H,9-12H2,1H3,(H,31,36);3-7,12-14H,8-11H2,1-2H3,(H,28,33)(H,29,30,31);2-4,11-14,33H,5-10H2,1H3,(H,29,34). The van der Waals surface area contributed by atoms with Gasteiger partial charge in [0.2, 0.25) is 33.8 Å². The third kappa shape index (κ3) is 28.1. The average molecular weight is 2070 g/mol. The first-order valence-corrected chi connectivity index (χ1v) is 48.1. The summed E-state index contributed by atoms with van der Waals surface area (Å²) in [7, 11) is -3.66. The van der Waals surface area contributed by atoms with Crippen molar-refractivity contribution in [2.45, 2.75) is 65.2 Å². The predicted molar refractivity (Wildman–Crippen MR) is 526 cm³/mol. The van der Waals surface area contributed by atoms with E-state index in [1.807, 2.05) is 48.8 Å². The fourth-order valence-corrected chi connectivity index (χ4v) is 16.3. The fourth-order valence-electron chi connectivity index (χ4n) is 15.9. The van der Waals surface area contributed by atoms with Crippen molar-refractivity contribution in [1.29, 1.82) is 0 Å². The number of pyridine rings is 1. The van der Waals surface area contributed by atoms with Gasteiger partial charge in [-0.25, -0.2) is 28.4 Å². The Morgan fingerprint density at radius 2 is 0.764 bits per heavy atom.